The summed E-state index contributed by atoms with van der Waals surface area (Å²) < 4.78 is 5.29. The fourth-order valence-corrected chi connectivity index (χ4v) is 2.65. The largest absolute Gasteiger partial charge is 0.491 e. The van der Waals surface area contributed by atoms with Gasteiger partial charge in [0.25, 0.3) is 0 Å². The zero-order valence-electron chi connectivity index (χ0n) is 15.2. The van der Waals surface area contributed by atoms with E-state index in [1.807, 2.05) is 18.2 Å². The minimum absolute atomic E-state index is 0.0571. The highest BCUT2D eigenvalue weighted by Crippen LogP contribution is 2.16. The normalized spacial score (nSPS) is 10.8. The first-order valence-corrected chi connectivity index (χ1v) is 8.93. The summed E-state index contributed by atoms with van der Waals surface area (Å²) in [6, 6.07) is 23.0. The highest BCUT2D eigenvalue weighted by molar-refractivity contribution is 6.09. The van der Waals surface area contributed by atoms with Crippen molar-refractivity contribution in [3.8, 4) is 5.75 Å². The predicted octanol–water partition coefficient (Wildman–Crippen LogP) is 4.18. The summed E-state index contributed by atoms with van der Waals surface area (Å²) in [6.45, 7) is 0.160. The predicted molar refractivity (Wildman–Crippen MR) is 109 cm³/mol. The van der Waals surface area contributed by atoms with Crippen molar-refractivity contribution in [1.82, 2.24) is 0 Å². The second-order valence-electron chi connectivity index (χ2n) is 6.11. The van der Waals surface area contributed by atoms with Gasteiger partial charge in [0.1, 0.15) is 12.4 Å². The van der Waals surface area contributed by atoms with Crippen LogP contribution >= 0.6 is 0 Å². The number of aliphatic hydroxyl groups is 1. The molecule has 4 nitrogen and oxygen atoms in total. The van der Waals surface area contributed by atoms with Gasteiger partial charge in [0.2, 0.25) is 0 Å². The van der Waals surface area contributed by atoms with Crippen LogP contribution in [-0.4, -0.2) is 29.9 Å². The van der Waals surface area contributed by atoms with Crippen LogP contribution in [0.4, 0.5) is 0 Å². The lowest BCUT2D eigenvalue weighted by Crippen LogP contribution is -2.03. The van der Waals surface area contributed by atoms with Gasteiger partial charge in [0.05, 0.1) is 6.61 Å². The van der Waals surface area contributed by atoms with E-state index in [1.165, 1.54) is 6.08 Å². The van der Waals surface area contributed by atoms with Crippen LogP contribution in [0.15, 0.2) is 84.9 Å². The molecule has 0 aliphatic rings. The Balaban J connectivity index is 1.65. The second kappa shape index (κ2) is 9.44. The molecule has 0 aliphatic carbocycles. The molecule has 28 heavy (non-hydrogen) atoms. The molecule has 0 spiro atoms. The van der Waals surface area contributed by atoms with Crippen molar-refractivity contribution >= 4 is 17.6 Å². The molecule has 140 valence electrons. The van der Waals surface area contributed by atoms with Crippen LogP contribution in [0.25, 0.3) is 6.08 Å². The van der Waals surface area contributed by atoms with Crippen molar-refractivity contribution in [2.24, 2.45) is 0 Å². The van der Waals surface area contributed by atoms with Crippen LogP contribution in [-0.2, 0) is 0 Å². The number of benzene rings is 3. The average Bonchev–Trinajstić information content (AvgIpc) is 2.77. The average molecular weight is 372 g/mol. The summed E-state index contributed by atoms with van der Waals surface area (Å²) >= 11 is 0. The van der Waals surface area contributed by atoms with Crippen molar-refractivity contribution in [2.45, 2.75) is 0 Å². The smallest absolute Gasteiger partial charge is 0.193 e. The van der Waals surface area contributed by atoms with E-state index in [4.69, 9.17) is 9.84 Å². The van der Waals surface area contributed by atoms with Crippen molar-refractivity contribution in [3.05, 3.63) is 107 Å². The lowest BCUT2D eigenvalue weighted by molar-refractivity contribution is 0.103. The molecule has 0 aromatic heterocycles. The number of hydrogen-bond donors (Lipinski definition) is 1. The molecular formula is C24H20O4. The number of hydrogen-bond acceptors (Lipinski definition) is 4. The quantitative estimate of drug-likeness (QED) is 0.476. The van der Waals surface area contributed by atoms with Crippen LogP contribution in [0.2, 0.25) is 0 Å². The van der Waals surface area contributed by atoms with Gasteiger partial charge in [-0.3, -0.25) is 9.59 Å². The Hall–Kier alpha value is -3.50. The summed E-state index contributed by atoms with van der Waals surface area (Å²) in [7, 11) is 0. The van der Waals surface area contributed by atoms with Crippen LogP contribution < -0.4 is 4.74 Å². The molecule has 0 heterocycles. The van der Waals surface area contributed by atoms with Crippen molar-refractivity contribution in [2.75, 3.05) is 13.2 Å². The summed E-state index contributed by atoms with van der Waals surface area (Å²) in [5.74, 6) is 0.447. The van der Waals surface area contributed by atoms with Gasteiger partial charge in [0, 0.05) is 16.7 Å². The molecule has 0 amide bonds. The fourth-order valence-electron chi connectivity index (χ4n) is 2.65. The maximum atomic E-state index is 12.6. The number of aliphatic hydroxyl groups excluding tert-OH is 1. The first-order chi connectivity index (χ1) is 13.7. The molecule has 0 bridgehead atoms. The Morgan fingerprint density at radius 2 is 1.39 bits per heavy atom. The van der Waals surface area contributed by atoms with Gasteiger partial charge in [-0.25, -0.2) is 0 Å². The maximum absolute atomic E-state index is 12.6. The summed E-state index contributed by atoms with van der Waals surface area (Å²) in [5, 5.41) is 8.77. The first-order valence-electron chi connectivity index (χ1n) is 8.93. The van der Waals surface area contributed by atoms with Crippen LogP contribution in [0, 0.1) is 0 Å². The minimum Gasteiger partial charge on any atom is -0.491 e. The van der Waals surface area contributed by atoms with Gasteiger partial charge in [-0.1, -0.05) is 60.7 Å². The van der Waals surface area contributed by atoms with Gasteiger partial charge in [-0.2, -0.15) is 0 Å². The molecule has 1 N–H and O–H groups in total. The molecule has 3 rings (SSSR count). The van der Waals surface area contributed by atoms with Crippen LogP contribution in [0.1, 0.15) is 31.8 Å². The Morgan fingerprint density at radius 1 is 0.786 bits per heavy atom. The summed E-state index contributed by atoms with van der Waals surface area (Å²) in [4.78, 5) is 24.7. The summed E-state index contributed by atoms with van der Waals surface area (Å²) in [5.41, 5.74) is 2.60. The van der Waals surface area contributed by atoms with E-state index in [-0.39, 0.29) is 24.8 Å². The van der Waals surface area contributed by atoms with E-state index in [1.54, 1.807) is 66.7 Å². The highest BCUT2D eigenvalue weighted by atomic mass is 16.5. The molecule has 0 radical (unpaired) electrons. The zero-order chi connectivity index (χ0) is 19.8. The number of carbonyl (C=O) groups excluding carboxylic acids is 2. The topological polar surface area (TPSA) is 63.6 Å². The lowest BCUT2D eigenvalue weighted by atomic mass is 10.0. The Kier molecular flexibility index (Phi) is 6.50. The Morgan fingerprint density at radius 3 is 2.00 bits per heavy atom. The van der Waals surface area contributed by atoms with Gasteiger partial charge < -0.3 is 9.84 Å². The van der Waals surface area contributed by atoms with Crippen molar-refractivity contribution < 1.29 is 19.4 Å². The van der Waals surface area contributed by atoms with Gasteiger partial charge in [-0.05, 0) is 35.9 Å². The fraction of sp³-hybridized carbons (Fsp3) is 0.0833. The van der Waals surface area contributed by atoms with Crippen molar-refractivity contribution in [3.63, 3.8) is 0 Å². The third-order valence-electron chi connectivity index (χ3n) is 4.13. The molecule has 0 unspecified atom stereocenters. The minimum atomic E-state index is -0.0930. The monoisotopic (exact) mass is 372 g/mol. The van der Waals surface area contributed by atoms with E-state index >= 15 is 0 Å². The molecule has 4 heteroatoms. The molecule has 0 fully saturated rings. The van der Waals surface area contributed by atoms with E-state index in [0.717, 1.165) is 5.56 Å². The second-order valence-corrected chi connectivity index (χ2v) is 6.11. The van der Waals surface area contributed by atoms with Gasteiger partial charge in [0.15, 0.2) is 11.6 Å². The molecule has 0 aliphatic heterocycles. The van der Waals surface area contributed by atoms with Crippen LogP contribution in [0.3, 0.4) is 0 Å². The van der Waals surface area contributed by atoms with E-state index in [9.17, 15) is 9.59 Å². The number of rotatable bonds is 8. The first kappa shape index (κ1) is 19.3. The zero-order valence-corrected chi connectivity index (χ0v) is 15.2. The molecule has 3 aromatic rings. The highest BCUT2D eigenvalue weighted by Gasteiger charge is 2.09. The van der Waals surface area contributed by atoms with Gasteiger partial charge >= 0.3 is 0 Å². The van der Waals surface area contributed by atoms with Gasteiger partial charge in [-0.15, -0.1) is 0 Å². The summed E-state index contributed by atoms with van der Waals surface area (Å²) in [6.07, 6.45) is 3.26. The SMILES string of the molecule is O=C(/C=C/c1ccc(C(=O)c2ccc(OCCO)cc2)cc1)c1ccccc1. The van der Waals surface area contributed by atoms with Crippen LogP contribution in [0.5, 0.6) is 5.75 Å². The molecule has 0 saturated heterocycles. The standard InChI is InChI=1S/C24H20O4/c25-16-17-28-22-13-11-21(12-14-22)24(27)20-9-6-18(7-10-20)8-15-23(26)19-4-2-1-3-5-19/h1-15,25H,16-17H2/b15-8+. The number of ketones is 2. The molecule has 0 saturated carbocycles. The third kappa shape index (κ3) is 5.02. The molecule has 0 atom stereocenters. The molecule has 3 aromatic carbocycles. The number of carbonyl (C=O) groups is 2. The van der Waals surface area contributed by atoms with E-state index in [2.05, 4.69) is 0 Å². The van der Waals surface area contributed by atoms with Crippen molar-refractivity contribution in [1.29, 1.82) is 0 Å². The Labute approximate surface area is 163 Å². The number of ether oxygens (including phenoxy) is 1. The van der Waals surface area contributed by atoms with E-state index in [0.29, 0.717) is 22.4 Å². The lowest BCUT2D eigenvalue weighted by Gasteiger charge is -2.06. The Bertz CT molecular complexity index is 956. The number of allylic oxidation sites excluding steroid dienone is 1. The third-order valence-corrected chi connectivity index (χ3v) is 4.13. The maximum Gasteiger partial charge on any atom is 0.193 e. The molecular weight excluding hydrogens is 352 g/mol. The van der Waals surface area contributed by atoms with E-state index < -0.39 is 0 Å².